The molecule has 1 saturated carbocycles. The first-order valence-electron chi connectivity index (χ1n) is 9.36. The molecule has 0 saturated heterocycles. The van der Waals surface area contributed by atoms with Crippen molar-refractivity contribution in [1.29, 1.82) is 0 Å². The van der Waals surface area contributed by atoms with Crippen LogP contribution in [0.25, 0.3) is 0 Å². The molecule has 1 fully saturated rings. The highest BCUT2D eigenvalue weighted by atomic mass is 35.5. The highest BCUT2D eigenvalue weighted by Gasteiger charge is 2.37. The summed E-state index contributed by atoms with van der Waals surface area (Å²) in [6.07, 6.45) is 2.34. The number of hydrogen-bond donors (Lipinski definition) is 1. The first-order chi connectivity index (χ1) is 14.2. The van der Waals surface area contributed by atoms with Crippen LogP contribution in [-0.2, 0) is 19.3 Å². The Hall–Kier alpha value is -2.64. The number of ketones is 3. The van der Waals surface area contributed by atoms with Gasteiger partial charge in [-0.1, -0.05) is 41.9 Å². The zero-order valence-corrected chi connectivity index (χ0v) is 18.2. The van der Waals surface area contributed by atoms with Crippen molar-refractivity contribution in [2.75, 3.05) is 18.1 Å². The van der Waals surface area contributed by atoms with Crippen LogP contribution >= 0.6 is 11.6 Å². The third-order valence-corrected chi connectivity index (χ3v) is 6.53. The summed E-state index contributed by atoms with van der Waals surface area (Å²) in [6.45, 7) is 0. The molecule has 3 rings (SSSR count). The number of halogens is 1. The van der Waals surface area contributed by atoms with Gasteiger partial charge in [-0.25, -0.2) is 4.21 Å². The second kappa shape index (κ2) is 9.02. The maximum absolute atomic E-state index is 13.2. The van der Waals surface area contributed by atoms with Crippen molar-refractivity contribution < 1.29 is 23.3 Å². The molecule has 0 aromatic heterocycles. The third kappa shape index (κ3) is 4.74. The summed E-state index contributed by atoms with van der Waals surface area (Å²) in [5.74, 6) is -2.48. The van der Waals surface area contributed by atoms with Crippen molar-refractivity contribution in [2.24, 2.45) is 5.92 Å². The molecule has 0 heterocycles. The molecular formula is C22H22ClNO5S. The van der Waals surface area contributed by atoms with Crippen LogP contribution < -0.4 is 9.46 Å². The number of anilines is 1. The van der Waals surface area contributed by atoms with Crippen LogP contribution in [0, 0.1) is 5.92 Å². The standard InChI is InChI=1S/C22H22ClNO5S/c1-29-18-12-11-15(22(27)19-16(25)9-6-10-17(19)26)20(23)21(18)24-30(2,28)13-14-7-4-3-5-8-14/h3-5,7-8,11-13,19H,6,9-10H2,1-2H3,(H,24,28). The van der Waals surface area contributed by atoms with Crippen molar-refractivity contribution in [3.8, 4) is 5.75 Å². The summed E-state index contributed by atoms with van der Waals surface area (Å²) in [6, 6.07) is 12.0. The summed E-state index contributed by atoms with van der Waals surface area (Å²) in [5, 5.41) is 1.52. The van der Waals surface area contributed by atoms with Gasteiger partial charge in [0.2, 0.25) is 0 Å². The van der Waals surface area contributed by atoms with Gasteiger partial charge in [0, 0.05) is 39.7 Å². The van der Waals surface area contributed by atoms with Gasteiger partial charge in [0.1, 0.15) is 17.4 Å². The first-order valence-corrected chi connectivity index (χ1v) is 11.8. The summed E-state index contributed by atoms with van der Waals surface area (Å²) >= 11 is 6.49. The molecule has 158 valence electrons. The Morgan fingerprint density at radius 1 is 1.13 bits per heavy atom. The van der Waals surface area contributed by atoms with Gasteiger partial charge < -0.3 is 9.46 Å². The van der Waals surface area contributed by atoms with E-state index >= 15 is 0 Å². The highest BCUT2D eigenvalue weighted by Crippen LogP contribution is 2.37. The van der Waals surface area contributed by atoms with Crippen LogP contribution in [0.1, 0.15) is 35.2 Å². The normalized spacial score (nSPS) is 16.6. The number of ether oxygens (including phenoxy) is 1. The van der Waals surface area contributed by atoms with Gasteiger partial charge in [-0.05, 0) is 24.1 Å². The predicted molar refractivity (Wildman–Crippen MR) is 119 cm³/mol. The van der Waals surface area contributed by atoms with E-state index in [1.165, 1.54) is 25.5 Å². The lowest BCUT2D eigenvalue weighted by Crippen LogP contribution is -2.35. The van der Waals surface area contributed by atoms with Crippen molar-refractivity contribution in [2.45, 2.75) is 19.3 Å². The Bertz CT molecular complexity index is 1100. The molecule has 30 heavy (non-hydrogen) atoms. The van der Waals surface area contributed by atoms with Gasteiger partial charge in [-0.15, -0.1) is 0 Å². The monoisotopic (exact) mass is 447 g/mol. The molecule has 1 N–H and O–H groups in total. The Balaban J connectivity index is 2.02. The molecule has 6 nitrogen and oxygen atoms in total. The molecule has 2 aromatic rings. The Kier molecular flexibility index (Phi) is 6.63. The molecule has 0 amide bonds. The van der Waals surface area contributed by atoms with Gasteiger partial charge in [-0.2, -0.15) is 0 Å². The van der Waals surface area contributed by atoms with Gasteiger partial charge in [0.15, 0.2) is 17.3 Å². The van der Waals surface area contributed by atoms with Crippen LogP contribution in [-0.4, -0.2) is 40.3 Å². The summed E-state index contributed by atoms with van der Waals surface area (Å²) in [5.41, 5.74) is 0.933. The molecule has 0 aliphatic heterocycles. The molecule has 8 heteroatoms. The molecule has 0 spiro atoms. The number of nitrogens with one attached hydrogen (secondary N) is 1. The number of carbonyl (C=O) groups is 3. The number of carbonyl (C=O) groups excluding carboxylic acids is 3. The van der Waals surface area contributed by atoms with E-state index in [1.807, 2.05) is 30.3 Å². The van der Waals surface area contributed by atoms with Gasteiger partial charge in [0.05, 0.1) is 12.1 Å². The third-order valence-electron chi connectivity index (χ3n) is 4.81. The number of rotatable bonds is 6. The van der Waals surface area contributed by atoms with Crippen molar-refractivity contribution in [1.82, 2.24) is 0 Å². The van der Waals surface area contributed by atoms with Crippen LogP contribution in [0.3, 0.4) is 0 Å². The maximum Gasteiger partial charge on any atom is 0.182 e. The van der Waals surface area contributed by atoms with Gasteiger partial charge in [-0.3, -0.25) is 14.4 Å². The smallest absolute Gasteiger partial charge is 0.182 e. The lowest BCUT2D eigenvalue weighted by molar-refractivity contribution is -0.133. The van der Waals surface area contributed by atoms with E-state index in [9.17, 15) is 18.6 Å². The van der Waals surface area contributed by atoms with Crippen LogP contribution in [0.5, 0.6) is 5.75 Å². The number of methoxy groups -OCH3 is 1. The molecule has 1 atom stereocenters. The zero-order chi connectivity index (χ0) is 21.9. The average Bonchev–Trinajstić information content (AvgIpc) is 2.69. The minimum atomic E-state index is -2.77. The fourth-order valence-electron chi connectivity index (χ4n) is 3.39. The zero-order valence-electron chi connectivity index (χ0n) is 16.6. The van der Waals surface area contributed by atoms with Crippen LogP contribution in [0.15, 0.2) is 42.5 Å². The summed E-state index contributed by atoms with van der Waals surface area (Å²) < 4.78 is 21.3. The molecule has 0 bridgehead atoms. The molecule has 1 aliphatic rings. The lowest BCUT2D eigenvalue weighted by atomic mass is 9.81. The van der Waals surface area contributed by atoms with Crippen LogP contribution in [0.4, 0.5) is 5.69 Å². The van der Waals surface area contributed by atoms with E-state index in [1.54, 1.807) is 5.37 Å². The lowest BCUT2D eigenvalue weighted by Gasteiger charge is -2.21. The van der Waals surface area contributed by atoms with E-state index in [-0.39, 0.29) is 34.9 Å². The SMILES string of the molecule is COc1ccc(C(=O)C2C(=O)CCCC2=O)c(Cl)c1NS(C)(=O)=Cc1ccccc1. The second-order valence-electron chi connectivity index (χ2n) is 7.12. The highest BCUT2D eigenvalue weighted by molar-refractivity contribution is 8.02. The van der Waals surface area contributed by atoms with Crippen molar-refractivity contribution >= 4 is 49.7 Å². The molecule has 1 unspecified atom stereocenters. The van der Waals surface area contributed by atoms with E-state index in [0.717, 1.165) is 5.56 Å². The van der Waals surface area contributed by atoms with Gasteiger partial charge >= 0.3 is 0 Å². The molecule has 1 aliphatic carbocycles. The average molecular weight is 448 g/mol. The minimum Gasteiger partial charge on any atom is -0.495 e. The minimum absolute atomic E-state index is 0.0171. The fourth-order valence-corrected chi connectivity index (χ4v) is 5.09. The number of Topliss-reactive ketones (excluding diaryl/α,β-unsaturated/α-hetero) is 3. The van der Waals surface area contributed by atoms with E-state index in [2.05, 4.69) is 4.72 Å². The quantitative estimate of drug-likeness (QED) is 0.415. The predicted octanol–water partition coefficient (Wildman–Crippen LogP) is 3.56. The van der Waals surface area contributed by atoms with E-state index in [4.69, 9.17) is 16.3 Å². The topological polar surface area (TPSA) is 89.5 Å². The first kappa shape index (κ1) is 22.1. The fraction of sp³-hybridized carbons (Fsp3) is 0.273. The maximum atomic E-state index is 13.2. The molecule has 2 aromatic carbocycles. The number of benzene rings is 2. The summed E-state index contributed by atoms with van der Waals surface area (Å²) in [4.78, 5) is 37.4. The summed E-state index contributed by atoms with van der Waals surface area (Å²) in [7, 11) is -1.34. The Morgan fingerprint density at radius 2 is 1.77 bits per heavy atom. The van der Waals surface area contributed by atoms with Crippen LogP contribution in [0.2, 0.25) is 5.02 Å². The molecular weight excluding hydrogens is 426 g/mol. The van der Waals surface area contributed by atoms with Gasteiger partial charge in [0.25, 0.3) is 0 Å². The van der Waals surface area contributed by atoms with Crippen molar-refractivity contribution in [3.05, 3.63) is 58.6 Å². The van der Waals surface area contributed by atoms with E-state index < -0.39 is 33.0 Å². The Morgan fingerprint density at radius 3 is 2.37 bits per heavy atom. The van der Waals surface area contributed by atoms with E-state index in [0.29, 0.717) is 6.42 Å². The Labute approximate surface area is 180 Å². The second-order valence-corrected chi connectivity index (χ2v) is 9.75. The largest absolute Gasteiger partial charge is 0.495 e. The molecule has 0 radical (unpaired) electrons. The number of hydrogen-bond acceptors (Lipinski definition) is 5. The van der Waals surface area contributed by atoms with Crippen molar-refractivity contribution in [3.63, 3.8) is 0 Å².